The van der Waals surface area contributed by atoms with Crippen molar-refractivity contribution in [3.63, 3.8) is 0 Å². The van der Waals surface area contributed by atoms with Crippen molar-refractivity contribution in [2.45, 2.75) is 6.42 Å². The number of fused-ring (bicyclic) bond motifs is 2. The molecule has 36 heavy (non-hydrogen) atoms. The number of aromatic nitrogens is 4. The highest BCUT2D eigenvalue weighted by atomic mass is 16.5. The number of aryl methyl sites for hydroxylation is 1. The van der Waals surface area contributed by atoms with Crippen LogP contribution < -0.4 is 15.4 Å². The van der Waals surface area contributed by atoms with Crippen molar-refractivity contribution in [3.05, 3.63) is 91.4 Å². The van der Waals surface area contributed by atoms with Crippen molar-refractivity contribution < 1.29 is 4.74 Å². The Kier molecular flexibility index (Phi) is 5.58. The normalized spacial score (nSPS) is 12.2. The summed E-state index contributed by atoms with van der Waals surface area (Å²) < 4.78 is 8.21. The molecule has 0 unspecified atom stereocenters. The van der Waals surface area contributed by atoms with Crippen LogP contribution in [0.4, 0.5) is 11.5 Å². The van der Waals surface area contributed by atoms with Gasteiger partial charge in [-0.3, -0.25) is 0 Å². The van der Waals surface area contributed by atoms with Gasteiger partial charge in [0.15, 0.2) is 0 Å². The lowest BCUT2D eigenvalue weighted by Crippen LogP contribution is -2.10. The summed E-state index contributed by atoms with van der Waals surface area (Å²) in [6.07, 6.45) is 6.05. The van der Waals surface area contributed by atoms with E-state index in [1.54, 1.807) is 12.5 Å². The molecule has 7 heteroatoms. The van der Waals surface area contributed by atoms with E-state index in [9.17, 15) is 0 Å². The number of rotatable bonds is 6. The molecule has 0 saturated heterocycles. The fourth-order valence-corrected chi connectivity index (χ4v) is 4.85. The molecule has 6 rings (SSSR count). The largest absolute Gasteiger partial charge is 0.439 e. The van der Waals surface area contributed by atoms with E-state index < -0.39 is 0 Å². The van der Waals surface area contributed by atoms with Gasteiger partial charge in [0.2, 0.25) is 5.88 Å². The lowest BCUT2D eigenvalue weighted by molar-refractivity contribution is 0.462. The van der Waals surface area contributed by atoms with E-state index in [0.29, 0.717) is 5.88 Å². The van der Waals surface area contributed by atoms with Crippen molar-refractivity contribution in [2.24, 2.45) is 7.05 Å². The molecule has 5 aromatic rings. The quantitative estimate of drug-likeness (QED) is 0.292. The van der Waals surface area contributed by atoms with Crippen LogP contribution >= 0.6 is 0 Å². The van der Waals surface area contributed by atoms with Crippen LogP contribution in [0.25, 0.3) is 33.4 Å². The summed E-state index contributed by atoms with van der Waals surface area (Å²) in [6.45, 7) is 5.27. The summed E-state index contributed by atoms with van der Waals surface area (Å²) in [6, 6.07) is 20.4. The molecule has 0 fully saturated rings. The summed E-state index contributed by atoms with van der Waals surface area (Å²) in [5.41, 5.74) is 7.65. The van der Waals surface area contributed by atoms with Crippen LogP contribution in [-0.4, -0.2) is 32.6 Å². The minimum atomic E-state index is 0.577. The van der Waals surface area contributed by atoms with Crippen LogP contribution in [0.1, 0.15) is 5.56 Å². The average Bonchev–Trinajstić information content (AvgIpc) is 3.20. The lowest BCUT2D eigenvalue weighted by Gasteiger charge is -2.18. The third-order valence-corrected chi connectivity index (χ3v) is 6.47. The van der Waals surface area contributed by atoms with Gasteiger partial charge < -0.3 is 19.9 Å². The number of hydrogen-bond acceptors (Lipinski definition) is 6. The molecule has 1 aliphatic heterocycles. The molecule has 2 aromatic carbocycles. The highest BCUT2D eigenvalue weighted by Crippen LogP contribution is 2.45. The fraction of sp³-hybridized carbons (Fsp3) is 0.138. The maximum atomic E-state index is 6.05. The minimum absolute atomic E-state index is 0.577. The van der Waals surface area contributed by atoms with E-state index in [1.165, 1.54) is 5.56 Å². The van der Waals surface area contributed by atoms with Gasteiger partial charge in [0, 0.05) is 43.7 Å². The first-order chi connectivity index (χ1) is 17.7. The van der Waals surface area contributed by atoms with Gasteiger partial charge in [0.1, 0.15) is 23.5 Å². The molecular weight excluding hydrogens is 448 g/mol. The Labute approximate surface area is 209 Å². The number of pyridine rings is 1. The summed E-state index contributed by atoms with van der Waals surface area (Å²) in [4.78, 5) is 13.6. The van der Waals surface area contributed by atoms with Gasteiger partial charge in [-0.25, -0.2) is 15.0 Å². The molecule has 2 N–H and O–H groups in total. The van der Waals surface area contributed by atoms with E-state index in [0.717, 1.165) is 70.2 Å². The molecule has 0 bridgehead atoms. The monoisotopic (exact) mass is 474 g/mol. The zero-order valence-corrected chi connectivity index (χ0v) is 20.0. The van der Waals surface area contributed by atoms with E-state index in [2.05, 4.69) is 80.2 Å². The highest BCUT2D eigenvalue weighted by Gasteiger charge is 2.25. The standard InChI is InChI=1S/C29H26N6O/c1-3-14-30-21-9-7-19(8-10-21)27-25-23-12-11-22(36-24-6-4-5-15-31-24)17-20(23)13-16-32-28-26(25)29(35(27)2)34-18-33-28/h3-12,15,17-18,30H,1,13-14,16H2,2H3,(H,32,33,34). The van der Waals surface area contributed by atoms with Crippen LogP contribution in [0.2, 0.25) is 0 Å². The first-order valence-corrected chi connectivity index (χ1v) is 12.0. The van der Waals surface area contributed by atoms with Gasteiger partial charge >= 0.3 is 0 Å². The van der Waals surface area contributed by atoms with Crippen LogP contribution in [0, 0.1) is 0 Å². The molecule has 0 spiro atoms. The van der Waals surface area contributed by atoms with E-state index in [-0.39, 0.29) is 0 Å². The van der Waals surface area contributed by atoms with E-state index in [4.69, 9.17) is 4.74 Å². The smallest absolute Gasteiger partial charge is 0.219 e. The Bertz CT molecular complexity index is 1560. The van der Waals surface area contributed by atoms with Crippen LogP contribution in [0.5, 0.6) is 11.6 Å². The van der Waals surface area contributed by atoms with E-state index in [1.807, 2.05) is 30.3 Å². The Morgan fingerprint density at radius 3 is 2.78 bits per heavy atom. The summed E-state index contributed by atoms with van der Waals surface area (Å²) in [7, 11) is 2.07. The average molecular weight is 475 g/mol. The van der Waals surface area contributed by atoms with Crippen LogP contribution in [-0.2, 0) is 13.5 Å². The fourth-order valence-electron chi connectivity index (χ4n) is 4.85. The van der Waals surface area contributed by atoms with Gasteiger partial charge in [-0.1, -0.05) is 30.3 Å². The number of nitrogens with one attached hydrogen (secondary N) is 2. The molecule has 0 aliphatic carbocycles. The highest BCUT2D eigenvalue weighted by molar-refractivity contribution is 6.09. The predicted molar refractivity (Wildman–Crippen MR) is 145 cm³/mol. The molecule has 0 saturated carbocycles. The molecule has 1 aliphatic rings. The van der Waals surface area contributed by atoms with E-state index >= 15 is 0 Å². The first-order valence-electron chi connectivity index (χ1n) is 12.0. The Morgan fingerprint density at radius 2 is 1.97 bits per heavy atom. The molecular formula is C29H26N6O. The Hall–Kier alpha value is -4.65. The molecule has 0 amide bonds. The number of nitrogens with zero attached hydrogens (tertiary/aromatic N) is 4. The molecule has 0 atom stereocenters. The van der Waals surface area contributed by atoms with Crippen molar-refractivity contribution >= 4 is 22.5 Å². The second-order valence-corrected chi connectivity index (χ2v) is 8.72. The van der Waals surface area contributed by atoms with Crippen LogP contribution in [0.15, 0.2) is 85.8 Å². The second kappa shape index (κ2) is 9.19. The summed E-state index contributed by atoms with van der Waals surface area (Å²) in [5.74, 6) is 2.21. The van der Waals surface area contributed by atoms with Crippen LogP contribution in [0.3, 0.4) is 0 Å². The minimum Gasteiger partial charge on any atom is -0.439 e. The Morgan fingerprint density at radius 1 is 1.08 bits per heavy atom. The van der Waals surface area contributed by atoms with Gasteiger partial charge in [0.05, 0.1) is 11.1 Å². The number of benzene rings is 2. The molecule has 7 nitrogen and oxygen atoms in total. The van der Waals surface area contributed by atoms with Gasteiger partial charge in [-0.05, 0) is 53.4 Å². The summed E-state index contributed by atoms with van der Waals surface area (Å²) in [5, 5.41) is 7.90. The first kappa shape index (κ1) is 21.9. The SMILES string of the molecule is C=CCNc1ccc(-c2c3c4c(ncnc4n2C)NCCc2cc(Oc4ccccn4)ccc2-3)cc1. The topological polar surface area (TPSA) is 76.9 Å². The zero-order chi connectivity index (χ0) is 24.5. The van der Waals surface area contributed by atoms with Gasteiger partial charge in [-0.2, -0.15) is 0 Å². The molecule has 0 radical (unpaired) electrons. The number of ether oxygens (including phenoxy) is 1. The molecule has 3 aromatic heterocycles. The van der Waals surface area contributed by atoms with Crippen molar-refractivity contribution in [1.82, 2.24) is 19.5 Å². The Balaban J connectivity index is 1.52. The van der Waals surface area contributed by atoms with Crippen molar-refractivity contribution in [1.29, 1.82) is 0 Å². The van der Waals surface area contributed by atoms with Gasteiger partial charge in [0.25, 0.3) is 0 Å². The third-order valence-electron chi connectivity index (χ3n) is 6.47. The number of anilines is 2. The van der Waals surface area contributed by atoms with Gasteiger partial charge in [-0.15, -0.1) is 6.58 Å². The second-order valence-electron chi connectivity index (χ2n) is 8.72. The predicted octanol–water partition coefficient (Wildman–Crippen LogP) is 6.06. The van der Waals surface area contributed by atoms with Crippen molar-refractivity contribution in [2.75, 3.05) is 23.7 Å². The number of hydrogen-bond donors (Lipinski definition) is 2. The van der Waals surface area contributed by atoms with Crippen molar-refractivity contribution in [3.8, 4) is 34.0 Å². The maximum Gasteiger partial charge on any atom is 0.219 e. The third kappa shape index (κ3) is 3.84. The molecule has 178 valence electrons. The maximum absolute atomic E-state index is 6.05. The molecule has 4 heterocycles. The summed E-state index contributed by atoms with van der Waals surface area (Å²) >= 11 is 0. The lowest BCUT2D eigenvalue weighted by atomic mass is 9.92. The zero-order valence-electron chi connectivity index (χ0n) is 20.0.